The van der Waals surface area contributed by atoms with E-state index in [1.165, 1.54) is 11.1 Å². The molecule has 1 fully saturated rings. The third-order valence-electron chi connectivity index (χ3n) is 5.52. The fraction of sp³-hybridized carbons (Fsp3) is 0.524. The maximum Gasteiger partial charge on any atom is 0.226 e. The van der Waals surface area contributed by atoms with Crippen molar-refractivity contribution in [1.82, 2.24) is 14.7 Å². The van der Waals surface area contributed by atoms with E-state index in [4.69, 9.17) is 9.47 Å². The van der Waals surface area contributed by atoms with E-state index in [0.717, 1.165) is 30.7 Å². The highest BCUT2D eigenvalue weighted by Crippen LogP contribution is 2.27. The van der Waals surface area contributed by atoms with Gasteiger partial charge in [-0.05, 0) is 43.4 Å². The summed E-state index contributed by atoms with van der Waals surface area (Å²) in [5, 5.41) is 4.41. The average molecular weight is 369 g/mol. The lowest BCUT2D eigenvalue weighted by molar-refractivity contribution is -0.143. The minimum Gasteiger partial charge on any atom is -0.348 e. The highest BCUT2D eigenvalue weighted by atomic mass is 16.7. The van der Waals surface area contributed by atoms with Crippen molar-refractivity contribution >= 4 is 5.91 Å². The van der Waals surface area contributed by atoms with E-state index >= 15 is 0 Å². The third-order valence-corrected chi connectivity index (χ3v) is 5.52. The summed E-state index contributed by atoms with van der Waals surface area (Å²) in [6.07, 6.45) is 2.33. The summed E-state index contributed by atoms with van der Waals surface area (Å²) < 4.78 is 13.1. The molecule has 1 aromatic carbocycles. The molecule has 2 aromatic rings. The summed E-state index contributed by atoms with van der Waals surface area (Å²) in [5.74, 6) is 0.193. The Balaban J connectivity index is 1.52. The molecule has 1 unspecified atom stereocenters. The minimum absolute atomic E-state index is 0.00984. The molecule has 144 valence electrons. The number of aromatic nitrogens is 2. The SMILES string of the molecule is Cc1cc(CN(CC2OCCO2)C(=O)C2CCc3ccccc3C2)n(C)n1. The fourth-order valence-electron chi connectivity index (χ4n) is 4.10. The van der Waals surface area contributed by atoms with Gasteiger partial charge in [0.25, 0.3) is 0 Å². The highest BCUT2D eigenvalue weighted by molar-refractivity contribution is 5.79. The Morgan fingerprint density at radius 1 is 1.26 bits per heavy atom. The number of hydrogen-bond acceptors (Lipinski definition) is 4. The maximum atomic E-state index is 13.4. The van der Waals surface area contributed by atoms with Gasteiger partial charge in [-0.3, -0.25) is 9.48 Å². The molecule has 1 amide bonds. The molecule has 1 atom stereocenters. The van der Waals surface area contributed by atoms with Crippen molar-refractivity contribution < 1.29 is 14.3 Å². The van der Waals surface area contributed by atoms with Gasteiger partial charge in [0.1, 0.15) is 0 Å². The lowest BCUT2D eigenvalue weighted by Crippen LogP contribution is -2.42. The van der Waals surface area contributed by atoms with Gasteiger partial charge >= 0.3 is 0 Å². The predicted octanol–water partition coefficient (Wildman–Crippen LogP) is 2.24. The summed E-state index contributed by atoms with van der Waals surface area (Å²) >= 11 is 0. The quantitative estimate of drug-likeness (QED) is 0.811. The number of benzene rings is 1. The molecule has 1 saturated heterocycles. The molecule has 6 nitrogen and oxygen atoms in total. The first kappa shape index (κ1) is 18.2. The van der Waals surface area contributed by atoms with Crippen LogP contribution in [0, 0.1) is 12.8 Å². The van der Waals surface area contributed by atoms with E-state index in [0.29, 0.717) is 26.3 Å². The van der Waals surface area contributed by atoms with Crippen molar-refractivity contribution in [1.29, 1.82) is 0 Å². The molecule has 1 aromatic heterocycles. The average Bonchev–Trinajstić information content (AvgIpc) is 3.29. The molecule has 4 rings (SSSR count). The molecule has 6 heteroatoms. The number of carbonyl (C=O) groups excluding carboxylic acids is 1. The Kier molecular flexibility index (Phi) is 5.27. The van der Waals surface area contributed by atoms with Crippen LogP contribution in [0.1, 0.15) is 28.9 Å². The molecular formula is C21H27N3O3. The van der Waals surface area contributed by atoms with Gasteiger partial charge < -0.3 is 14.4 Å². The number of fused-ring (bicyclic) bond motifs is 1. The van der Waals surface area contributed by atoms with E-state index < -0.39 is 0 Å². The monoisotopic (exact) mass is 369 g/mol. The Morgan fingerprint density at radius 3 is 2.70 bits per heavy atom. The van der Waals surface area contributed by atoms with Gasteiger partial charge in [0.2, 0.25) is 5.91 Å². The summed E-state index contributed by atoms with van der Waals surface area (Å²) in [4.78, 5) is 15.3. The third kappa shape index (κ3) is 4.06. The van der Waals surface area contributed by atoms with Gasteiger partial charge in [0.05, 0.1) is 37.7 Å². The van der Waals surface area contributed by atoms with E-state index in [9.17, 15) is 4.79 Å². The van der Waals surface area contributed by atoms with Crippen LogP contribution in [0.15, 0.2) is 30.3 Å². The van der Waals surface area contributed by atoms with Crippen LogP contribution < -0.4 is 0 Å². The number of rotatable bonds is 5. The minimum atomic E-state index is -0.334. The molecule has 1 aliphatic heterocycles. The van der Waals surface area contributed by atoms with Gasteiger partial charge in [-0.15, -0.1) is 0 Å². The van der Waals surface area contributed by atoms with Crippen LogP contribution in [0.3, 0.4) is 0 Å². The summed E-state index contributed by atoms with van der Waals surface area (Å²) in [6, 6.07) is 10.5. The smallest absolute Gasteiger partial charge is 0.226 e. The van der Waals surface area contributed by atoms with Crippen LogP contribution in [0.2, 0.25) is 0 Å². The van der Waals surface area contributed by atoms with Crippen LogP contribution in [-0.2, 0) is 40.7 Å². The van der Waals surface area contributed by atoms with Crippen molar-refractivity contribution in [3.63, 3.8) is 0 Å². The van der Waals surface area contributed by atoms with Crippen LogP contribution in [0.25, 0.3) is 0 Å². The zero-order chi connectivity index (χ0) is 18.8. The van der Waals surface area contributed by atoms with Crippen molar-refractivity contribution in [2.45, 2.75) is 39.0 Å². The largest absolute Gasteiger partial charge is 0.348 e. The van der Waals surface area contributed by atoms with Crippen LogP contribution in [0.5, 0.6) is 0 Å². The zero-order valence-electron chi connectivity index (χ0n) is 16.1. The number of ether oxygens (including phenoxy) is 2. The Morgan fingerprint density at radius 2 is 2.00 bits per heavy atom. The Hall–Kier alpha value is -2.18. The second kappa shape index (κ2) is 7.82. The van der Waals surface area contributed by atoms with E-state index in [1.807, 2.05) is 29.6 Å². The summed E-state index contributed by atoms with van der Waals surface area (Å²) in [6.45, 7) is 4.14. The number of carbonyl (C=O) groups is 1. The first-order valence-electron chi connectivity index (χ1n) is 9.68. The van der Waals surface area contributed by atoms with Crippen LogP contribution in [0.4, 0.5) is 0 Å². The van der Waals surface area contributed by atoms with E-state index in [2.05, 4.69) is 29.4 Å². The normalized spacial score (nSPS) is 19.9. The zero-order valence-corrected chi connectivity index (χ0v) is 16.1. The molecule has 0 bridgehead atoms. The Labute approximate surface area is 160 Å². The highest BCUT2D eigenvalue weighted by Gasteiger charge is 2.31. The standard InChI is InChI=1S/C21H27N3O3/c1-15-11-19(23(2)22-15)13-24(14-20-26-9-10-27-20)21(25)18-8-7-16-5-3-4-6-17(16)12-18/h3-6,11,18,20H,7-10,12-14H2,1-2H3. The maximum absolute atomic E-state index is 13.4. The number of amides is 1. The first-order chi connectivity index (χ1) is 13.1. The molecule has 0 spiro atoms. The van der Waals surface area contributed by atoms with Crippen molar-refractivity contribution in [2.24, 2.45) is 13.0 Å². The number of nitrogens with zero attached hydrogens (tertiary/aromatic N) is 3. The molecule has 2 heterocycles. The van der Waals surface area contributed by atoms with Gasteiger partial charge in [-0.2, -0.15) is 5.10 Å². The van der Waals surface area contributed by atoms with Gasteiger partial charge in [0.15, 0.2) is 6.29 Å². The van der Waals surface area contributed by atoms with Crippen LogP contribution in [-0.4, -0.2) is 46.6 Å². The molecule has 0 radical (unpaired) electrons. The first-order valence-corrected chi connectivity index (χ1v) is 9.68. The second-order valence-corrected chi connectivity index (χ2v) is 7.50. The van der Waals surface area contributed by atoms with Gasteiger partial charge in [-0.1, -0.05) is 24.3 Å². The summed E-state index contributed by atoms with van der Waals surface area (Å²) in [5.41, 5.74) is 4.65. The van der Waals surface area contributed by atoms with Crippen molar-refractivity contribution in [3.05, 3.63) is 52.8 Å². The van der Waals surface area contributed by atoms with Gasteiger partial charge in [-0.25, -0.2) is 0 Å². The van der Waals surface area contributed by atoms with Crippen molar-refractivity contribution in [2.75, 3.05) is 19.8 Å². The fourth-order valence-corrected chi connectivity index (χ4v) is 4.10. The topological polar surface area (TPSA) is 56.6 Å². The second-order valence-electron chi connectivity index (χ2n) is 7.50. The molecule has 1 aliphatic carbocycles. The Bertz CT molecular complexity index is 811. The number of aryl methyl sites for hydroxylation is 3. The van der Waals surface area contributed by atoms with Crippen molar-refractivity contribution in [3.8, 4) is 0 Å². The molecule has 2 aliphatic rings. The molecule has 0 N–H and O–H groups in total. The summed E-state index contributed by atoms with van der Waals surface area (Å²) in [7, 11) is 1.92. The predicted molar refractivity (Wildman–Crippen MR) is 101 cm³/mol. The van der Waals surface area contributed by atoms with E-state index in [1.54, 1.807) is 0 Å². The molecule has 0 saturated carbocycles. The van der Waals surface area contributed by atoms with Crippen LogP contribution >= 0.6 is 0 Å². The number of hydrogen-bond donors (Lipinski definition) is 0. The van der Waals surface area contributed by atoms with Gasteiger partial charge in [0, 0.05) is 13.0 Å². The van der Waals surface area contributed by atoms with E-state index in [-0.39, 0.29) is 18.1 Å². The molecule has 27 heavy (non-hydrogen) atoms. The lowest BCUT2D eigenvalue weighted by Gasteiger charge is -2.31. The molecular weight excluding hydrogens is 342 g/mol. The lowest BCUT2D eigenvalue weighted by atomic mass is 9.83.